The van der Waals surface area contributed by atoms with Crippen molar-refractivity contribution in [3.8, 4) is 0 Å². The molecule has 1 N–H and O–H groups in total. The molecule has 4 rings (SSSR count). The highest BCUT2D eigenvalue weighted by atomic mass is 35.5. The molecule has 0 aliphatic carbocycles. The van der Waals surface area contributed by atoms with Gasteiger partial charge in [0.05, 0.1) is 17.1 Å². The van der Waals surface area contributed by atoms with Crippen molar-refractivity contribution in [3.63, 3.8) is 0 Å². The van der Waals surface area contributed by atoms with Crippen molar-refractivity contribution in [1.29, 1.82) is 0 Å². The third-order valence-electron chi connectivity index (χ3n) is 5.50. The molecule has 30 heavy (non-hydrogen) atoms. The van der Waals surface area contributed by atoms with Crippen molar-refractivity contribution in [1.82, 2.24) is 4.31 Å². The average molecular weight is 448 g/mol. The van der Waals surface area contributed by atoms with Crippen molar-refractivity contribution < 1.29 is 18.0 Å². The van der Waals surface area contributed by atoms with Gasteiger partial charge in [0.2, 0.25) is 21.8 Å². The minimum absolute atomic E-state index is 0.0229. The molecule has 2 aliphatic heterocycles. The van der Waals surface area contributed by atoms with Gasteiger partial charge in [0.15, 0.2) is 0 Å². The van der Waals surface area contributed by atoms with E-state index in [4.69, 9.17) is 11.6 Å². The molecule has 158 valence electrons. The van der Waals surface area contributed by atoms with E-state index in [1.54, 1.807) is 42.5 Å². The molecule has 1 fully saturated rings. The Balaban J connectivity index is 1.41. The molecule has 2 aromatic carbocycles. The zero-order chi connectivity index (χ0) is 21.3. The molecule has 7 nitrogen and oxygen atoms in total. The number of fused-ring (bicyclic) bond motifs is 1. The monoisotopic (exact) mass is 447 g/mol. The lowest BCUT2D eigenvalue weighted by molar-refractivity contribution is -0.125. The van der Waals surface area contributed by atoms with Crippen LogP contribution in [0.3, 0.4) is 0 Å². The molecule has 2 amide bonds. The van der Waals surface area contributed by atoms with E-state index < -0.39 is 10.0 Å². The molecule has 2 aromatic rings. The Kier molecular flexibility index (Phi) is 5.81. The van der Waals surface area contributed by atoms with Gasteiger partial charge in [0, 0.05) is 24.0 Å². The lowest BCUT2D eigenvalue weighted by Crippen LogP contribution is -2.48. The van der Waals surface area contributed by atoms with E-state index in [2.05, 4.69) is 5.32 Å². The lowest BCUT2D eigenvalue weighted by atomic mass is 9.95. The smallest absolute Gasteiger partial charge is 0.244 e. The Morgan fingerprint density at radius 3 is 2.43 bits per heavy atom. The van der Waals surface area contributed by atoms with Crippen LogP contribution in [0.25, 0.3) is 0 Å². The van der Waals surface area contributed by atoms with Crippen LogP contribution in [-0.4, -0.2) is 44.2 Å². The largest absolute Gasteiger partial charge is 0.323 e. The van der Waals surface area contributed by atoms with Crippen molar-refractivity contribution >= 4 is 44.8 Å². The molecule has 0 atom stereocenters. The highest BCUT2D eigenvalue weighted by Crippen LogP contribution is 2.32. The van der Waals surface area contributed by atoms with Crippen LogP contribution >= 0.6 is 11.6 Å². The number of piperidine rings is 1. The average Bonchev–Trinajstić information content (AvgIpc) is 2.74. The number of benzene rings is 2. The summed E-state index contributed by atoms with van der Waals surface area (Å²) in [5, 5.41) is 3.33. The first-order valence-corrected chi connectivity index (χ1v) is 11.7. The van der Waals surface area contributed by atoms with Gasteiger partial charge in [0.25, 0.3) is 0 Å². The van der Waals surface area contributed by atoms with Gasteiger partial charge in [-0.3, -0.25) is 9.59 Å². The molecule has 1 saturated heterocycles. The van der Waals surface area contributed by atoms with Crippen LogP contribution in [0.15, 0.2) is 48.5 Å². The van der Waals surface area contributed by atoms with Gasteiger partial charge in [-0.05, 0) is 42.7 Å². The van der Waals surface area contributed by atoms with Crippen molar-refractivity contribution in [2.45, 2.75) is 18.6 Å². The summed E-state index contributed by atoms with van der Waals surface area (Å²) in [7, 11) is -3.48. The fraction of sp³-hybridized carbons (Fsp3) is 0.333. The summed E-state index contributed by atoms with van der Waals surface area (Å²) in [6, 6.07) is 13.9. The molecular weight excluding hydrogens is 426 g/mol. The molecule has 2 aliphatic rings. The minimum Gasteiger partial charge on any atom is -0.323 e. The second kappa shape index (κ2) is 8.37. The number of carbonyl (C=O) groups is 2. The normalized spacial score (nSPS) is 18.0. The summed E-state index contributed by atoms with van der Waals surface area (Å²) in [6.07, 6.45) is 0.859. The molecular formula is C21H22ClN3O4S. The standard InChI is InChI=1S/C21H22ClN3O4S/c22-17-7-5-15(6-8-17)14-30(28,29)24-11-9-16(10-12-24)21(27)25-13-20(26)23-18-3-1-2-4-19(18)25/h1-8,16H,9-14H2,(H,23,26). The molecule has 0 saturated carbocycles. The van der Waals surface area contributed by atoms with E-state index in [0.29, 0.717) is 34.8 Å². The van der Waals surface area contributed by atoms with Crippen LogP contribution in [0, 0.1) is 5.92 Å². The summed E-state index contributed by atoms with van der Waals surface area (Å²) in [5.41, 5.74) is 1.97. The van der Waals surface area contributed by atoms with Crippen LogP contribution in [0.2, 0.25) is 5.02 Å². The third-order valence-corrected chi connectivity index (χ3v) is 7.60. The SMILES string of the molecule is O=C1CN(C(=O)C2CCN(S(=O)(=O)Cc3ccc(Cl)cc3)CC2)c2ccccc2N1. The van der Waals surface area contributed by atoms with E-state index in [0.717, 1.165) is 0 Å². The minimum atomic E-state index is -3.48. The van der Waals surface area contributed by atoms with Gasteiger partial charge in [-0.1, -0.05) is 35.9 Å². The van der Waals surface area contributed by atoms with E-state index in [1.807, 2.05) is 6.07 Å². The molecule has 0 spiro atoms. The number of nitrogens with zero attached hydrogens (tertiary/aromatic N) is 2. The molecule has 0 bridgehead atoms. The Labute approximate surface area is 180 Å². The highest BCUT2D eigenvalue weighted by molar-refractivity contribution is 7.88. The number of sulfonamides is 1. The Morgan fingerprint density at radius 1 is 1.07 bits per heavy atom. The zero-order valence-corrected chi connectivity index (χ0v) is 17.8. The fourth-order valence-corrected chi connectivity index (χ4v) is 5.60. The van der Waals surface area contributed by atoms with Gasteiger partial charge in [-0.15, -0.1) is 0 Å². The maximum atomic E-state index is 13.1. The van der Waals surface area contributed by atoms with Gasteiger partial charge < -0.3 is 10.2 Å². The second-order valence-corrected chi connectivity index (χ2v) is 9.95. The summed E-state index contributed by atoms with van der Waals surface area (Å²) in [4.78, 5) is 26.6. The van der Waals surface area contributed by atoms with Crippen molar-refractivity contribution in [3.05, 3.63) is 59.1 Å². The van der Waals surface area contributed by atoms with E-state index in [1.165, 1.54) is 9.21 Å². The number of nitrogens with one attached hydrogen (secondary N) is 1. The predicted molar refractivity (Wildman–Crippen MR) is 116 cm³/mol. The number of carbonyl (C=O) groups excluding carboxylic acids is 2. The predicted octanol–water partition coefficient (Wildman–Crippen LogP) is 2.87. The second-order valence-electron chi connectivity index (χ2n) is 7.55. The van der Waals surface area contributed by atoms with E-state index in [9.17, 15) is 18.0 Å². The number of hydrogen-bond acceptors (Lipinski definition) is 4. The van der Waals surface area contributed by atoms with Crippen LogP contribution in [0.1, 0.15) is 18.4 Å². The van der Waals surface area contributed by atoms with E-state index in [-0.39, 0.29) is 43.1 Å². The first-order chi connectivity index (χ1) is 14.3. The van der Waals surface area contributed by atoms with Crippen LogP contribution in [0.4, 0.5) is 11.4 Å². The molecule has 0 aromatic heterocycles. The van der Waals surface area contributed by atoms with Gasteiger partial charge in [-0.2, -0.15) is 0 Å². The number of hydrogen-bond donors (Lipinski definition) is 1. The third kappa shape index (κ3) is 4.35. The number of amides is 2. The lowest BCUT2D eigenvalue weighted by Gasteiger charge is -2.35. The first-order valence-electron chi connectivity index (χ1n) is 9.76. The van der Waals surface area contributed by atoms with Gasteiger partial charge >= 0.3 is 0 Å². The van der Waals surface area contributed by atoms with Crippen LogP contribution < -0.4 is 10.2 Å². The Bertz CT molecular complexity index is 1060. The molecule has 9 heteroatoms. The summed E-state index contributed by atoms with van der Waals surface area (Å²) in [5.74, 6) is -0.773. The van der Waals surface area contributed by atoms with Gasteiger partial charge in [-0.25, -0.2) is 12.7 Å². The van der Waals surface area contributed by atoms with Crippen LogP contribution in [-0.2, 0) is 25.4 Å². The zero-order valence-electron chi connectivity index (χ0n) is 16.3. The number of anilines is 2. The number of halogens is 1. The first kappa shape index (κ1) is 20.8. The molecule has 0 unspecified atom stereocenters. The van der Waals surface area contributed by atoms with Crippen molar-refractivity contribution in [2.75, 3.05) is 29.9 Å². The summed E-state index contributed by atoms with van der Waals surface area (Å²) in [6.45, 7) is 0.549. The van der Waals surface area contributed by atoms with Crippen LogP contribution in [0.5, 0.6) is 0 Å². The number of rotatable bonds is 4. The van der Waals surface area contributed by atoms with Gasteiger partial charge in [0.1, 0.15) is 6.54 Å². The maximum Gasteiger partial charge on any atom is 0.244 e. The number of para-hydroxylation sites is 2. The van der Waals surface area contributed by atoms with Crippen molar-refractivity contribution in [2.24, 2.45) is 5.92 Å². The molecule has 2 heterocycles. The summed E-state index contributed by atoms with van der Waals surface area (Å²) >= 11 is 5.86. The molecule has 0 radical (unpaired) electrons. The Morgan fingerprint density at radius 2 is 1.73 bits per heavy atom. The highest BCUT2D eigenvalue weighted by Gasteiger charge is 2.35. The summed E-state index contributed by atoms with van der Waals surface area (Å²) < 4.78 is 27.0. The topological polar surface area (TPSA) is 86.8 Å². The fourth-order valence-electron chi connectivity index (χ4n) is 3.91. The maximum absolute atomic E-state index is 13.1. The Hall–Kier alpha value is -2.42. The quantitative estimate of drug-likeness (QED) is 0.780. The van der Waals surface area contributed by atoms with E-state index >= 15 is 0 Å².